The molecule has 40 heavy (non-hydrogen) atoms. The zero-order chi connectivity index (χ0) is 28.9. The van der Waals surface area contributed by atoms with Gasteiger partial charge < -0.3 is 9.84 Å². The minimum absolute atomic E-state index is 0.112. The van der Waals surface area contributed by atoms with Gasteiger partial charge in [0, 0.05) is 36.3 Å². The summed E-state index contributed by atoms with van der Waals surface area (Å²) in [4.78, 5) is 18.9. The van der Waals surface area contributed by atoms with Gasteiger partial charge in [-0.3, -0.25) is 19.9 Å². The maximum Gasteiger partial charge on any atom is 0.249 e. The highest BCUT2D eigenvalue weighted by Crippen LogP contribution is 2.40. The molecule has 1 aromatic heterocycles. The van der Waals surface area contributed by atoms with Gasteiger partial charge >= 0.3 is 0 Å². The second kappa shape index (κ2) is 12.6. The molecule has 1 fully saturated rings. The second-order valence-corrected chi connectivity index (χ2v) is 9.82. The molecule has 0 saturated carbocycles. The third kappa shape index (κ3) is 6.20. The largest absolute Gasteiger partial charge is 0.497 e. The molecule has 1 saturated heterocycles. The van der Waals surface area contributed by atoms with Crippen LogP contribution in [0.4, 0.5) is 17.6 Å². The fraction of sp³-hybridized carbons (Fsp3) is 0.379. The third-order valence-corrected chi connectivity index (χ3v) is 7.49. The summed E-state index contributed by atoms with van der Waals surface area (Å²) < 4.78 is 59.8. The van der Waals surface area contributed by atoms with Crippen LogP contribution in [0.5, 0.6) is 5.75 Å². The number of likely N-dealkylation sites (tertiary alicyclic amines) is 1. The number of pyridine rings is 1. The predicted molar refractivity (Wildman–Crippen MR) is 139 cm³/mol. The van der Waals surface area contributed by atoms with Crippen LogP contribution >= 0.6 is 0 Å². The summed E-state index contributed by atoms with van der Waals surface area (Å²) in [6.07, 6.45) is 1.22. The highest BCUT2D eigenvalue weighted by molar-refractivity contribution is 5.85. The summed E-state index contributed by atoms with van der Waals surface area (Å²) in [5, 5.41) is 21.2. The Labute approximate surface area is 228 Å². The summed E-state index contributed by atoms with van der Waals surface area (Å²) in [5.41, 5.74) is 1.52. The molecule has 0 unspecified atom stereocenters. The van der Waals surface area contributed by atoms with Crippen LogP contribution < -0.4 is 10.2 Å². The van der Waals surface area contributed by atoms with E-state index in [1.165, 1.54) is 13.3 Å². The second-order valence-electron chi connectivity index (χ2n) is 9.82. The van der Waals surface area contributed by atoms with Crippen molar-refractivity contribution in [1.29, 1.82) is 0 Å². The predicted octanol–water partition coefficient (Wildman–Crippen LogP) is 4.58. The molecule has 0 aliphatic carbocycles. The summed E-state index contributed by atoms with van der Waals surface area (Å²) in [7, 11) is 1.50. The molecule has 7 nitrogen and oxygen atoms in total. The molecule has 1 amide bonds. The minimum Gasteiger partial charge on any atom is -0.497 e. The molecule has 3 N–H and O–H groups in total. The first-order chi connectivity index (χ1) is 19.2. The van der Waals surface area contributed by atoms with Gasteiger partial charge in [0.25, 0.3) is 0 Å². The van der Waals surface area contributed by atoms with E-state index in [9.17, 15) is 32.7 Å². The van der Waals surface area contributed by atoms with E-state index in [1.54, 1.807) is 23.7 Å². The third-order valence-electron chi connectivity index (χ3n) is 7.49. The zero-order valence-electron chi connectivity index (χ0n) is 21.8. The number of piperidine rings is 1. The average Bonchev–Trinajstić information content (AvgIpc) is 2.97. The molecular weight excluding hydrogens is 530 g/mol. The first-order valence-electron chi connectivity index (χ1n) is 12.7. The van der Waals surface area contributed by atoms with E-state index < -0.39 is 41.6 Å². The maximum atomic E-state index is 13.9. The van der Waals surface area contributed by atoms with E-state index >= 15 is 0 Å². The first kappa shape index (κ1) is 29.3. The standard InChI is InChI=1S/C29H29F4N3O4/c1-40-21-4-5-24-22(15-21)26(19(16-30)17-34-24)25(37)6-7-29(28(38)35-39)8-11-36(12-9-29)10-2-3-18-13-20(31)14-23(32)27(18)33/h4-5,13-15,17,25,37,39H,6-12,16H2,1H3,(H,35,38)/t25-/m1/s1. The number of hydroxylamine groups is 1. The van der Waals surface area contributed by atoms with E-state index in [0.717, 1.165) is 6.07 Å². The molecule has 1 aliphatic rings. The van der Waals surface area contributed by atoms with Gasteiger partial charge in [-0.05, 0) is 55.5 Å². The molecule has 0 bridgehead atoms. The van der Waals surface area contributed by atoms with Crippen molar-refractivity contribution in [3.05, 3.63) is 70.7 Å². The lowest BCUT2D eigenvalue weighted by molar-refractivity contribution is -0.143. The SMILES string of the molecule is COc1ccc2ncc(CF)c([C@H](O)CCC3(C(=O)NO)CCN(CC#Cc4cc(F)cc(F)c4F)CC3)c2c1. The van der Waals surface area contributed by atoms with Crippen molar-refractivity contribution < 1.29 is 37.4 Å². The highest BCUT2D eigenvalue weighted by Gasteiger charge is 2.41. The fourth-order valence-corrected chi connectivity index (χ4v) is 5.16. The number of aliphatic hydroxyl groups is 1. The Balaban J connectivity index is 1.47. The summed E-state index contributed by atoms with van der Waals surface area (Å²) >= 11 is 0. The number of carbonyl (C=O) groups is 1. The van der Waals surface area contributed by atoms with E-state index in [-0.39, 0.29) is 30.5 Å². The number of hydrogen-bond acceptors (Lipinski definition) is 6. The van der Waals surface area contributed by atoms with E-state index in [4.69, 9.17) is 4.74 Å². The number of rotatable bonds is 8. The van der Waals surface area contributed by atoms with Gasteiger partial charge in [-0.2, -0.15) is 0 Å². The number of alkyl halides is 1. The number of hydrogen-bond donors (Lipinski definition) is 3. The van der Waals surface area contributed by atoms with Gasteiger partial charge in [-0.15, -0.1) is 0 Å². The molecule has 3 aromatic rings. The molecule has 1 atom stereocenters. The van der Waals surface area contributed by atoms with Gasteiger partial charge in [0.05, 0.1) is 36.3 Å². The van der Waals surface area contributed by atoms with Crippen molar-refractivity contribution in [2.45, 2.75) is 38.5 Å². The van der Waals surface area contributed by atoms with Crippen molar-refractivity contribution in [2.75, 3.05) is 26.7 Å². The number of methoxy groups -OCH3 is 1. The number of aromatic nitrogens is 1. The molecule has 2 heterocycles. The van der Waals surface area contributed by atoms with Gasteiger partial charge in [0.15, 0.2) is 11.6 Å². The Morgan fingerprint density at radius 1 is 1.23 bits per heavy atom. The van der Waals surface area contributed by atoms with Crippen LogP contribution in [0.15, 0.2) is 36.5 Å². The van der Waals surface area contributed by atoms with Gasteiger partial charge in [0.1, 0.15) is 18.2 Å². The van der Waals surface area contributed by atoms with E-state index in [0.29, 0.717) is 54.2 Å². The summed E-state index contributed by atoms with van der Waals surface area (Å²) in [6, 6.07) is 6.37. The highest BCUT2D eigenvalue weighted by atomic mass is 19.2. The molecule has 1 aliphatic heterocycles. The van der Waals surface area contributed by atoms with Crippen LogP contribution in [0.2, 0.25) is 0 Å². The van der Waals surface area contributed by atoms with Crippen LogP contribution in [0.25, 0.3) is 10.9 Å². The summed E-state index contributed by atoms with van der Waals surface area (Å²) in [5.74, 6) is 1.62. The van der Waals surface area contributed by atoms with Crippen LogP contribution in [0.3, 0.4) is 0 Å². The molecule has 11 heteroatoms. The number of nitrogens with zero attached hydrogens (tertiary/aromatic N) is 2. The number of benzene rings is 2. The molecule has 212 valence electrons. The number of aliphatic hydroxyl groups excluding tert-OH is 1. The van der Waals surface area contributed by atoms with Gasteiger partial charge in [0.2, 0.25) is 5.91 Å². The van der Waals surface area contributed by atoms with Gasteiger partial charge in [-0.25, -0.2) is 23.0 Å². The zero-order valence-corrected chi connectivity index (χ0v) is 21.8. The molecule has 4 rings (SSSR count). The lowest BCUT2D eigenvalue weighted by Crippen LogP contribution is -2.48. The van der Waals surface area contributed by atoms with Crippen LogP contribution in [0, 0.1) is 34.7 Å². The molecular formula is C29H29F4N3O4. The fourth-order valence-electron chi connectivity index (χ4n) is 5.16. The topological polar surface area (TPSA) is 94.9 Å². The van der Waals surface area contributed by atoms with Gasteiger partial charge in [-0.1, -0.05) is 11.8 Å². The van der Waals surface area contributed by atoms with Crippen molar-refractivity contribution in [1.82, 2.24) is 15.4 Å². The van der Waals surface area contributed by atoms with Crippen molar-refractivity contribution in [2.24, 2.45) is 5.41 Å². The van der Waals surface area contributed by atoms with Crippen LogP contribution in [-0.4, -0.2) is 52.8 Å². The lowest BCUT2D eigenvalue weighted by Gasteiger charge is -2.40. The Morgan fingerprint density at radius 2 is 1.98 bits per heavy atom. The molecule has 0 radical (unpaired) electrons. The number of nitrogens with one attached hydrogen (secondary N) is 1. The number of ether oxygens (including phenoxy) is 1. The normalized spacial score (nSPS) is 15.8. The Morgan fingerprint density at radius 3 is 2.65 bits per heavy atom. The minimum atomic E-state index is -1.32. The monoisotopic (exact) mass is 559 g/mol. The lowest BCUT2D eigenvalue weighted by atomic mass is 9.73. The Bertz CT molecular complexity index is 1440. The molecule has 0 spiro atoms. The van der Waals surface area contributed by atoms with Crippen LogP contribution in [-0.2, 0) is 11.5 Å². The number of fused-ring (bicyclic) bond motifs is 1. The number of amides is 1. The Kier molecular flexibility index (Phi) is 9.25. The van der Waals surface area contributed by atoms with Crippen molar-refractivity contribution in [3.63, 3.8) is 0 Å². The number of carbonyl (C=O) groups excluding carboxylic acids is 1. The number of halogens is 4. The van der Waals surface area contributed by atoms with E-state index in [2.05, 4.69) is 16.8 Å². The first-order valence-corrected chi connectivity index (χ1v) is 12.7. The quantitative estimate of drug-likeness (QED) is 0.123. The van der Waals surface area contributed by atoms with Crippen molar-refractivity contribution in [3.8, 4) is 17.6 Å². The maximum absolute atomic E-state index is 13.9. The smallest absolute Gasteiger partial charge is 0.249 e. The molecule has 2 aromatic carbocycles. The Hall–Kier alpha value is -3.72. The van der Waals surface area contributed by atoms with Crippen molar-refractivity contribution >= 4 is 16.8 Å². The average molecular weight is 560 g/mol. The summed E-state index contributed by atoms with van der Waals surface area (Å²) in [6.45, 7) is 0.116. The van der Waals surface area contributed by atoms with E-state index in [1.807, 2.05) is 4.90 Å². The van der Waals surface area contributed by atoms with Crippen LogP contribution in [0.1, 0.15) is 48.5 Å².